The quantitative estimate of drug-likeness (QED) is 0.898. The normalized spacial score (nSPS) is 15.5. The van der Waals surface area contributed by atoms with Gasteiger partial charge in [-0.3, -0.25) is 0 Å². The maximum Gasteiger partial charge on any atom is 0.240 e. The van der Waals surface area contributed by atoms with E-state index in [0.717, 1.165) is 6.42 Å². The fraction of sp³-hybridized carbons (Fsp3) is 0.500. The first-order valence-corrected chi connectivity index (χ1v) is 7.51. The molecule has 0 aliphatic heterocycles. The van der Waals surface area contributed by atoms with Crippen LogP contribution in [0.15, 0.2) is 29.2 Å². The molecule has 2 atom stereocenters. The lowest BCUT2D eigenvalue weighted by Crippen LogP contribution is -2.36. The fourth-order valence-corrected chi connectivity index (χ4v) is 2.87. The lowest BCUT2D eigenvalue weighted by Gasteiger charge is -2.19. The number of sulfonamides is 1. The molecule has 17 heavy (non-hydrogen) atoms. The smallest absolute Gasteiger partial charge is 0.208 e. The first-order chi connectivity index (χ1) is 7.86. The van der Waals surface area contributed by atoms with Crippen LogP contribution in [-0.2, 0) is 10.0 Å². The molecule has 2 unspecified atom stereocenters. The van der Waals surface area contributed by atoms with Crippen molar-refractivity contribution in [1.82, 2.24) is 4.72 Å². The van der Waals surface area contributed by atoms with E-state index in [9.17, 15) is 8.42 Å². The number of halogens is 1. The van der Waals surface area contributed by atoms with Crippen molar-refractivity contribution in [3.63, 3.8) is 0 Å². The van der Waals surface area contributed by atoms with Crippen molar-refractivity contribution >= 4 is 21.6 Å². The van der Waals surface area contributed by atoms with Gasteiger partial charge in [-0.1, -0.05) is 31.9 Å². The van der Waals surface area contributed by atoms with E-state index in [-0.39, 0.29) is 10.9 Å². The highest BCUT2D eigenvalue weighted by Gasteiger charge is 2.19. The van der Waals surface area contributed by atoms with Crippen LogP contribution >= 0.6 is 11.6 Å². The zero-order chi connectivity index (χ0) is 13.1. The van der Waals surface area contributed by atoms with Gasteiger partial charge in [-0.15, -0.1) is 0 Å². The van der Waals surface area contributed by atoms with Gasteiger partial charge >= 0.3 is 0 Å². The Morgan fingerprint density at radius 3 is 2.24 bits per heavy atom. The third-order valence-corrected chi connectivity index (χ3v) is 4.79. The predicted molar refractivity (Wildman–Crippen MR) is 70.7 cm³/mol. The monoisotopic (exact) mass is 275 g/mol. The van der Waals surface area contributed by atoms with E-state index in [1.165, 1.54) is 12.1 Å². The van der Waals surface area contributed by atoms with Crippen molar-refractivity contribution in [3.05, 3.63) is 29.3 Å². The van der Waals surface area contributed by atoms with E-state index in [4.69, 9.17) is 11.6 Å². The molecule has 0 amide bonds. The third-order valence-electron chi connectivity index (χ3n) is 2.96. The van der Waals surface area contributed by atoms with Crippen LogP contribution in [0.5, 0.6) is 0 Å². The first kappa shape index (κ1) is 14.5. The second-order valence-electron chi connectivity index (χ2n) is 4.25. The highest BCUT2D eigenvalue weighted by molar-refractivity contribution is 7.89. The Morgan fingerprint density at radius 1 is 1.24 bits per heavy atom. The molecule has 0 saturated carbocycles. The SMILES string of the molecule is CCC(C)C(C)NS(=O)(=O)c1ccc(Cl)cc1. The summed E-state index contributed by atoms with van der Waals surface area (Å²) < 4.78 is 26.7. The molecule has 1 N–H and O–H groups in total. The number of hydrogen-bond acceptors (Lipinski definition) is 2. The molecule has 0 aromatic heterocycles. The zero-order valence-electron chi connectivity index (χ0n) is 10.3. The minimum atomic E-state index is -3.44. The van der Waals surface area contributed by atoms with Crippen LogP contribution in [0.2, 0.25) is 5.02 Å². The molecule has 1 aromatic carbocycles. The molecular formula is C12H18ClNO2S. The first-order valence-electron chi connectivity index (χ1n) is 5.64. The lowest BCUT2D eigenvalue weighted by molar-refractivity contribution is 0.434. The molecule has 0 spiro atoms. The van der Waals surface area contributed by atoms with Crippen LogP contribution in [0, 0.1) is 5.92 Å². The van der Waals surface area contributed by atoms with Gasteiger partial charge in [-0.25, -0.2) is 13.1 Å². The van der Waals surface area contributed by atoms with E-state index in [2.05, 4.69) is 4.72 Å². The minimum absolute atomic E-state index is 0.0827. The van der Waals surface area contributed by atoms with E-state index < -0.39 is 10.0 Å². The fourth-order valence-electron chi connectivity index (χ4n) is 1.40. The number of hydrogen-bond donors (Lipinski definition) is 1. The molecule has 0 bridgehead atoms. The predicted octanol–water partition coefficient (Wildman–Crippen LogP) is 3.05. The van der Waals surface area contributed by atoms with Gasteiger partial charge in [0.25, 0.3) is 0 Å². The summed E-state index contributed by atoms with van der Waals surface area (Å²) in [6.07, 6.45) is 0.935. The molecule has 0 fully saturated rings. The third kappa shape index (κ3) is 3.98. The van der Waals surface area contributed by atoms with Crippen LogP contribution in [-0.4, -0.2) is 14.5 Å². The Kier molecular flexibility index (Phi) is 4.98. The summed E-state index contributed by atoms with van der Waals surface area (Å²) in [5, 5.41) is 0.527. The van der Waals surface area contributed by atoms with E-state index in [1.54, 1.807) is 12.1 Å². The summed E-state index contributed by atoms with van der Waals surface area (Å²) in [5.41, 5.74) is 0. The second-order valence-corrected chi connectivity index (χ2v) is 6.40. The Morgan fingerprint density at radius 2 is 1.76 bits per heavy atom. The van der Waals surface area contributed by atoms with Gasteiger partial charge in [-0.2, -0.15) is 0 Å². The Labute approximate surface area is 108 Å². The molecule has 0 aliphatic rings. The van der Waals surface area contributed by atoms with Gasteiger partial charge in [0.05, 0.1) is 4.90 Å². The summed E-state index contributed by atoms with van der Waals surface area (Å²) >= 11 is 5.73. The van der Waals surface area contributed by atoms with Crippen molar-refractivity contribution in [1.29, 1.82) is 0 Å². The summed E-state index contributed by atoms with van der Waals surface area (Å²) in [5.74, 6) is 0.303. The van der Waals surface area contributed by atoms with Crippen molar-refractivity contribution in [2.24, 2.45) is 5.92 Å². The van der Waals surface area contributed by atoms with Crippen LogP contribution in [0.3, 0.4) is 0 Å². The number of rotatable bonds is 5. The van der Waals surface area contributed by atoms with Gasteiger partial charge in [0, 0.05) is 11.1 Å². The summed E-state index contributed by atoms with van der Waals surface area (Å²) in [6, 6.07) is 6.08. The minimum Gasteiger partial charge on any atom is -0.208 e. The Balaban J connectivity index is 2.85. The van der Waals surface area contributed by atoms with Crippen LogP contribution in [0.4, 0.5) is 0 Å². The molecule has 0 aliphatic carbocycles. The molecule has 1 aromatic rings. The number of benzene rings is 1. The van der Waals surface area contributed by atoms with Crippen LogP contribution < -0.4 is 4.72 Å². The van der Waals surface area contributed by atoms with Crippen molar-refractivity contribution in [2.45, 2.75) is 38.1 Å². The molecular weight excluding hydrogens is 258 g/mol. The van der Waals surface area contributed by atoms with Crippen molar-refractivity contribution < 1.29 is 8.42 Å². The van der Waals surface area contributed by atoms with Gasteiger partial charge in [0.15, 0.2) is 0 Å². The van der Waals surface area contributed by atoms with Crippen LogP contribution in [0.25, 0.3) is 0 Å². The van der Waals surface area contributed by atoms with E-state index in [1.807, 2.05) is 20.8 Å². The largest absolute Gasteiger partial charge is 0.240 e. The van der Waals surface area contributed by atoms with Gasteiger partial charge in [0.2, 0.25) is 10.0 Å². The Bertz CT molecular complexity index is 456. The molecule has 0 saturated heterocycles. The summed E-state index contributed by atoms with van der Waals surface area (Å²) in [7, 11) is -3.44. The molecule has 3 nitrogen and oxygen atoms in total. The van der Waals surface area contributed by atoms with Gasteiger partial charge in [-0.05, 0) is 37.1 Å². The molecule has 0 heterocycles. The summed E-state index contributed by atoms with van der Waals surface area (Å²) in [4.78, 5) is 0.247. The van der Waals surface area contributed by atoms with Crippen molar-refractivity contribution in [2.75, 3.05) is 0 Å². The highest BCUT2D eigenvalue weighted by atomic mass is 35.5. The summed E-state index contributed by atoms with van der Waals surface area (Å²) in [6.45, 7) is 5.94. The molecule has 96 valence electrons. The second kappa shape index (κ2) is 5.85. The molecule has 1 rings (SSSR count). The maximum absolute atomic E-state index is 12.0. The van der Waals surface area contributed by atoms with E-state index in [0.29, 0.717) is 10.9 Å². The maximum atomic E-state index is 12.0. The topological polar surface area (TPSA) is 46.2 Å². The standard InChI is InChI=1S/C12H18ClNO2S/c1-4-9(2)10(3)14-17(15,16)12-7-5-11(13)6-8-12/h5-10,14H,4H2,1-3H3. The Hall–Kier alpha value is -0.580. The zero-order valence-corrected chi connectivity index (χ0v) is 11.8. The van der Waals surface area contributed by atoms with Gasteiger partial charge in [0.1, 0.15) is 0 Å². The number of nitrogens with one attached hydrogen (secondary N) is 1. The average molecular weight is 276 g/mol. The van der Waals surface area contributed by atoms with Crippen molar-refractivity contribution in [3.8, 4) is 0 Å². The highest BCUT2D eigenvalue weighted by Crippen LogP contribution is 2.16. The molecule has 5 heteroatoms. The van der Waals surface area contributed by atoms with Crippen LogP contribution in [0.1, 0.15) is 27.2 Å². The van der Waals surface area contributed by atoms with E-state index >= 15 is 0 Å². The average Bonchev–Trinajstić information content (AvgIpc) is 2.27. The lowest BCUT2D eigenvalue weighted by atomic mass is 10.0. The molecule has 0 radical (unpaired) electrons. The van der Waals surface area contributed by atoms with Gasteiger partial charge < -0.3 is 0 Å².